The van der Waals surface area contributed by atoms with E-state index in [0.29, 0.717) is 18.9 Å². The molecule has 1 aliphatic rings. The Kier molecular flexibility index (Phi) is 4.34. The predicted molar refractivity (Wildman–Crippen MR) is 80.4 cm³/mol. The number of carbonyl (C=O) groups excluding carboxylic acids is 1. The second-order valence-electron chi connectivity index (χ2n) is 5.62. The minimum Gasteiger partial charge on any atom is -0.463 e. The van der Waals surface area contributed by atoms with Gasteiger partial charge in [-0.1, -0.05) is 18.9 Å². The molecule has 2 aromatic rings. The predicted octanol–water partition coefficient (Wildman–Crippen LogP) is 3.54. The van der Waals surface area contributed by atoms with E-state index in [9.17, 15) is 4.79 Å². The van der Waals surface area contributed by atoms with Crippen LogP contribution in [0.2, 0.25) is 0 Å². The highest BCUT2D eigenvalue weighted by molar-refractivity contribution is 5.76. The number of hydrogen-bond acceptors (Lipinski definition) is 3. The summed E-state index contributed by atoms with van der Waals surface area (Å²) in [6.45, 7) is 0.495. The zero-order valence-electron chi connectivity index (χ0n) is 12.0. The maximum absolute atomic E-state index is 12.0. The van der Waals surface area contributed by atoms with Crippen LogP contribution in [0.4, 0.5) is 0 Å². The fourth-order valence-electron chi connectivity index (χ4n) is 2.96. The molecule has 0 atom stereocenters. The highest BCUT2D eigenvalue weighted by Gasteiger charge is 2.18. The molecule has 1 amide bonds. The third kappa shape index (κ3) is 3.51. The first-order valence-corrected chi connectivity index (χ1v) is 7.57. The topological polar surface area (TPSA) is 55.1 Å². The van der Waals surface area contributed by atoms with E-state index in [-0.39, 0.29) is 5.91 Å². The summed E-state index contributed by atoms with van der Waals surface area (Å²) >= 11 is 0. The van der Waals surface area contributed by atoms with Gasteiger partial charge in [-0.05, 0) is 37.0 Å². The first kappa shape index (κ1) is 13.9. The van der Waals surface area contributed by atoms with Crippen LogP contribution < -0.4 is 5.32 Å². The minimum atomic E-state index is 0.135. The van der Waals surface area contributed by atoms with Gasteiger partial charge in [0.1, 0.15) is 5.69 Å². The van der Waals surface area contributed by atoms with Gasteiger partial charge >= 0.3 is 0 Å². The molecule has 110 valence electrons. The zero-order valence-corrected chi connectivity index (χ0v) is 12.0. The first-order valence-electron chi connectivity index (χ1n) is 7.57. The maximum atomic E-state index is 12.0. The van der Waals surface area contributed by atoms with Crippen LogP contribution in [0.25, 0.3) is 11.5 Å². The number of carbonyl (C=O) groups is 1. The fraction of sp³-hybridized carbons (Fsp3) is 0.412. The van der Waals surface area contributed by atoms with E-state index < -0.39 is 0 Å². The second-order valence-corrected chi connectivity index (χ2v) is 5.62. The van der Waals surface area contributed by atoms with Crippen molar-refractivity contribution in [1.29, 1.82) is 0 Å². The molecule has 21 heavy (non-hydrogen) atoms. The van der Waals surface area contributed by atoms with Gasteiger partial charge in [-0.2, -0.15) is 0 Å². The van der Waals surface area contributed by atoms with Gasteiger partial charge in [0, 0.05) is 24.7 Å². The Labute approximate surface area is 124 Å². The summed E-state index contributed by atoms with van der Waals surface area (Å²) in [4.78, 5) is 16.4. The molecular formula is C17H20N2O2. The van der Waals surface area contributed by atoms with E-state index in [0.717, 1.165) is 17.0 Å². The van der Waals surface area contributed by atoms with Crippen LogP contribution in [0.3, 0.4) is 0 Å². The summed E-state index contributed by atoms with van der Waals surface area (Å²) in [5.41, 5.74) is 1.77. The number of furan rings is 1. The summed E-state index contributed by atoms with van der Waals surface area (Å²) < 4.78 is 5.40. The van der Waals surface area contributed by atoms with Crippen molar-refractivity contribution in [2.45, 2.75) is 38.6 Å². The summed E-state index contributed by atoms with van der Waals surface area (Å²) in [6, 6.07) is 7.57. The number of nitrogens with one attached hydrogen (secondary N) is 1. The van der Waals surface area contributed by atoms with Gasteiger partial charge in [-0.15, -0.1) is 0 Å². The van der Waals surface area contributed by atoms with Crippen molar-refractivity contribution in [3.8, 4) is 11.5 Å². The summed E-state index contributed by atoms with van der Waals surface area (Å²) in [6.07, 6.45) is 8.94. The summed E-state index contributed by atoms with van der Waals surface area (Å²) in [5.74, 6) is 1.44. The molecule has 1 fully saturated rings. The van der Waals surface area contributed by atoms with Crippen LogP contribution in [0, 0.1) is 5.92 Å². The van der Waals surface area contributed by atoms with Crippen LogP contribution in [0.5, 0.6) is 0 Å². The van der Waals surface area contributed by atoms with Crippen LogP contribution in [0.15, 0.2) is 41.1 Å². The molecule has 0 radical (unpaired) electrons. The Morgan fingerprint density at radius 2 is 2.14 bits per heavy atom. The zero-order chi connectivity index (χ0) is 14.5. The average molecular weight is 284 g/mol. The van der Waals surface area contributed by atoms with E-state index in [2.05, 4.69) is 10.3 Å². The van der Waals surface area contributed by atoms with Gasteiger partial charge in [0.25, 0.3) is 0 Å². The van der Waals surface area contributed by atoms with Crippen molar-refractivity contribution in [1.82, 2.24) is 10.3 Å². The van der Waals surface area contributed by atoms with E-state index in [4.69, 9.17) is 4.42 Å². The van der Waals surface area contributed by atoms with Crippen molar-refractivity contribution in [3.63, 3.8) is 0 Å². The molecular weight excluding hydrogens is 264 g/mol. The van der Waals surface area contributed by atoms with Crippen LogP contribution in [0.1, 0.15) is 37.7 Å². The Balaban J connectivity index is 1.61. The maximum Gasteiger partial charge on any atom is 0.220 e. The molecule has 0 unspecified atom stereocenters. The molecule has 0 aliphatic heterocycles. The summed E-state index contributed by atoms with van der Waals surface area (Å²) in [5, 5.41) is 3.01. The smallest absolute Gasteiger partial charge is 0.220 e. The lowest BCUT2D eigenvalue weighted by Gasteiger charge is -2.11. The Morgan fingerprint density at radius 3 is 2.90 bits per heavy atom. The fourth-order valence-corrected chi connectivity index (χ4v) is 2.96. The normalized spacial score (nSPS) is 15.2. The molecule has 1 N–H and O–H groups in total. The molecule has 2 heterocycles. The standard InChI is InChI=1S/C17H20N2O2/c20-16(11-13-5-1-2-6-13)19-12-14-7-3-9-18-17(14)15-8-4-10-21-15/h3-4,7-10,13H,1-2,5-6,11-12H2,(H,19,20). The molecule has 0 aromatic carbocycles. The molecule has 1 aliphatic carbocycles. The molecule has 2 aromatic heterocycles. The Bertz CT molecular complexity index is 587. The second kappa shape index (κ2) is 6.57. The molecule has 4 heteroatoms. The quantitative estimate of drug-likeness (QED) is 0.913. The third-order valence-corrected chi connectivity index (χ3v) is 4.07. The number of aromatic nitrogens is 1. The van der Waals surface area contributed by atoms with Gasteiger partial charge in [0.15, 0.2) is 5.76 Å². The van der Waals surface area contributed by atoms with Crippen LogP contribution in [-0.4, -0.2) is 10.9 Å². The van der Waals surface area contributed by atoms with Crippen molar-refractivity contribution in [2.24, 2.45) is 5.92 Å². The largest absolute Gasteiger partial charge is 0.463 e. The highest BCUT2D eigenvalue weighted by Crippen LogP contribution is 2.27. The molecule has 0 spiro atoms. The molecule has 0 saturated heterocycles. The molecule has 4 nitrogen and oxygen atoms in total. The molecule has 0 bridgehead atoms. The van der Waals surface area contributed by atoms with Crippen molar-refractivity contribution in [3.05, 3.63) is 42.3 Å². The lowest BCUT2D eigenvalue weighted by atomic mass is 10.0. The number of nitrogens with zero attached hydrogens (tertiary/aromatic N) is 1. The van der Waals surface area contributed by atoms with E-state index in [1.807, 2.05) is 24.3 Å². The van der Waals surface area contributed by atoms with Crippen molar-refractivity contribution >= 4 is 5.91 Å². The lowest BCUT2D eigenvalue weighted by molar-refractivity contribution is -0.122. The number of amides is 1. The van der Waals surface area contributed by atoms with Crippen LogP contribution in [-0.2, 0) is 11.3 Å². The van der Waals surface area contributed by atoms with Crippen molar-refractivity contribution < 1.29 is 9.21 Å². The van der Waals surface area contributed by atoms with Gasteiger partial charge in [-0.3, -0.25) is 9.78 Å². The van der Waals surface area contributed by atoms with E-state index in [1.54, 1.807) is 12.5 Å². The Morgan fingerprint density at radius 1 is 1.29 bits per heavy atom. The number of hydrogen-bond donors (Lipinski definition) is 1. The number of pyridine rings is 1. The lowest BCUT2D eigenvalue weighted by Crippen LogP contribution is -2.24. The third-order valence-electron chi connectivity index (χ3n) is 4.07. The SMILES string of the molecule is O=C(CC1CCCC1)NCc1cccnc1-c1ccco1. The first-order chi connectivity index (χ1) is 10.3. The average Bonchev–Trinajstić information content (AvgIpc) is 3.18. The van der Waals surface area contributed by atoms with Crippen LogP contribution >= 0.6 is 0 Å². The molecule has 1 saturated carbocycles. The van der Waals surface area contributed by atoms with Gasteiger partial charge in [0.05, 0.1) is 6.26 Å². The van der Waals surface area contributed by atoms with Crippen molar-refractivity contribution in [2.75, 3.05) is 0 Å². The monoisotopic (exact) mass is 284 g/mol. The van der Waals surface area contributed by atoms with Gasteiger partial charge < -0.3 is 9.73 Å². The van der Waals surface area contributed by atoms with Gasteiger partial charge in [0.2, 0.25) is 5.91 Å². The van der Waals surface area contributed by atoms with E-state index in [1.165, 1.54) is 25.7 Å². The molecule has 3 rings (SSSR count). The van der Waals surface area contributed by atoms with Gasteiger partial charge in [-0.25, -0.2) is 0 Å². The summed E-state index contributed by atoms with van der Waals surface area (Å²) in [7, 11) is 0. The number of rotatable bonds is 5. The Hall–Kier alpha value is -2.10. The minimum absolute atomic E-state index is 0.135. The highest BCUT2D eigenvalue weighted by atomic mass is 16.3. The van der Waals surface area contributed by atoms with E-state index >= 15 is 0 Å².